The minimum Gasteiger partial charge on any atom is -0.463 e. The number of Topliss-reactive ketones (excluding diaryl/α,β-unsaturated/α-hetero) is 2. The first-order valence-corrected chi connectivity index (χ1v) is 19.2. The van der Waals surface area contributed by atoms with Gasteiger partial charge in [-0.25, -0.2) is 9.78 Å². The fourth-order valence-electron chi connectivity index (χ4n) is 8.86. The number of aromatic nitrogens is 1. The molecule has 1 saturated carbocycles. The molecule has 1 aromatic heterocycles. The number of aliphatic hydroxyl groups is 1. The summed E-state index contributed by atoms with van der Waals surface area (Å²) in [4.78, 5) is 48.2. The van der Waals surface area contributed by atoms with E-state index in [0.29, 0.717) is 43.3 Å². The van der Waals surface area contributed by atoms with Gasteiger partial charge in [0.25, 0.3) is 5.60 Å². The van der Waals surface area contributed by atoms with Gasteiger partial charge in [0.05, 0.1) is 19.9 Å². The van der Waals surface area contributed by atoms with E-state index in [1.165, 1.54) is 0 Å². The van der Waals surface area contributed by atoms with Crippen LogP contribution in [0.5, 0.6) is 0 Å². The maximum absolute atomic E-state index is 14.7. The molecule has 0 spiro atoms. The van der Waals surface area contributed by atoms with Crippen LogP contribution >= 0.6 is 0 Å². The van der Waals surface area contributed by atoms with E-state index >= 15 is 0 Å². The first-order valence-electron chi connectivity index (χ1n) is 19.2. The van der Waals surface area contributed by atoms with E-state index < -0.39 is 28.7 Å². The van der Waals surface area contributed by atoms with Crippen molar-refractivity contribution in [3.05, 3.63) is 82.1 Å². The Morgan fingerprint density at radius 1 is 1.17 bits per heavy atom. The molecule has 4 aliphatic rings. The zero-order valence-electron chi connectivity index (χ0n) is 31.4. The van der Waals surface area contributed by atoms with Crippen LogP contribution in [0.2, 0.25) is 0 Å². The molecule has 2 heterocycles. The molecule has 10 heteroatoms. The van der Waals surface area contributed by atoms with Crippen LogP contribution in [0.25, 0.3) is 0 Å². The lowest BCUT2D eigenvalue weighted by atomic mass is 9.68. The number of anilines is 1. The topological polar surface area (TPSA) is 142 Å². The second-order valence-corrected chi connectivity index (χ2v) is 15.6. The lowest BCUT2D eigenvalue weighted by molar-refractivity contribution is -0.150. The Kier molecular flexibility index (Phi) is 11.8. The fourth-order valence-corrected chi connectivity index (χ4v) is 8.86. The van der Waals surface area contributed by atoms with Gasteiger partial charge in [0.2, 0.25) is 5.78 Å². The molecule has 0 amide bonds. The van der Waals surface area contributed by atoms with E-state index in [1.807, 2.05) is 32.2 Å². The van der Waals surface area contributed by atoms with Gasteiger partial charge in [-0.05, 0) is 112 Å². The Morgan fingerprint density at radius 3 is 2.75 bits per heavy atom. The maximum Gasteiger partial charge on any atom is 0.350 e. The highest BCUT2D eigenvalue weighted by atomic mass is 16.7. The number of aryl methyl sites for hydroxylation is 1. The van der Waals surface area contributed by atoms with Crippen LogP contribution in [-0.2, 0) is 27.1 Å². The monoisotopic (exact) mass is 712 g/mol. The molecule has 2 aromatic rings. The lowest BCUT2D eigenvalue weighted by Crippen LogP contribution is -2.52. The molecule has 6 unspecified atom stereocenters. The average molecular weight is 713 g/mol. The number of esters is 1. The molecule has 52 heavy (non-hydrogen) atoms. The van der Waals surface area contributed by atoms with Crippen LogP contribution in [0.1, 0.15) is 98.1 Å². The Bertz CT molecular complexity index is 1720. The van der Waals surface area contributed by atoms with Crippen LogP contribution in [0, 0.1) is 23.7 Å². The van der Waals surface area contributed by atoms with E-state index in [-0.39, 0.29) is 48.6 Å². The second kappa shape index (κ2) is 16.1. The van der Waals surface area contributed by atoms with Crippen molar-refractivity contribution in [2.75, 3.05) is 38.8 Å². The number of benzene rings is 1. The molecule has 1 aromatic carbocycles. The summed E-state index contributed by atoms with van der Waals surface area (Å²) in [5.74, 6) is 0.384. The highest BCUT2D eigenvalue weighted by molar-refractivity contribution is 6.33. The molecular formula is C42H56N4O6. The number of hydrogen-bond donors (Lipinski definition) is 4. The Morgan fingerprint density at radius 2 is 2.00 bits per heavy atom. The van der Waals surface area contributed by atoms with Crippen LogP contribution in [0.15, 0.2) is 59.8 Å². The number of fused-ring (bicyclic) bond motifs is 3. The lowest BCUT2D eigenvalue weighted by Gasteiger charge is -2.42. The molecule has 1 saturated heterocycles. The summed E-state index contributed by atoms with van der Waals surface area (Å²) in [7, 11) is 1.85. The number of nitrogens with zero attached hydrogens (tertiary/aromatic N) is 1. The second-order valence-electron chi connectivity index (χ2n) is 15.6. The van der Waals surface area contributed by atoms with E-state index in [9.17, 15) is 19.5 Å². The maximum atomic E-state index is 14.7. The average Bonchev–Trinajstić information content (AvgIpc) is 3.85. The summed E-state index contributed by atoms with van der Waals surface area (Å²) in [5, 5.41) is 20.6. The number of nitrogens with one attached hydrogen (secondary N) is 3. The number of carbonyl (C=O) groups excluding carboxylic acids is 3. The number of hydrogen-bond acceptors (Lipinski definition) is 10. The molecule has 3 aliphatic carbocycles. The third-order valence-electron chi connectivity index (χ3n) is 11.7. The number of aliphatic hydroxyl groups excluding tert-OH is 1. The minimum absolute atomic E-state index is 0.0757. The third-order valence-corrected chi connectivity index (χ3v) is 11.7. The van der Waals surface area contributed by atoms with Crippen LogP contribution in [0.3, 0.4) is 0 Å². The van der Waals surface area contributed by atoms with E-state index in [1.54, 1.807) is 18.3 Å². The van der Waals surface area contributed by atoms with Crippen LogP contribution < -0.4 is 16.0 Å². The first kappa shape index (κ1) is 38.0. The number of pyridine rings is 1. The van der Waals surface area contributed by atoms with Crippen molar-refractivity contribution in [2.24, 2.45) is 23.7 Å². The highest BCUT2D eigenvalue weighted by Crippen LogP contribution is 2.60. The summed E-state index contributed by atoms with van der Waals surface area (Å²) < 4.78 is 12.4. The van der Waals surface area contributed by atoms with Crippen LogP contribution in [0.4, 0.5) is 5.82 Å². The number of carbonyl (C=O) groups is 3. The Hall–Kier alpha value is -3.70. The largest absolute Gasteiger partial charge is 0.463 e. The quantitative estimate of drug-likeness (QED) is 0.0571. The van der Waals surface area contributed by atoms with Crippen molar-refractivity contribution in [1.82, 2.24) is 15.6 Å². The molecule has 0 radical (unpaired) electrons. The number of allylic oxidation sites excluding steroid dienone is 3. The number of rotatable bonds is 16. The Balaban J connectivity index is 1.29. The van der Waals surface area contributed by atoms with Gasteiger partial charge in [-0.15, -0.1) is 0 Å². The number of ether oxygens (including phenoxy) is 2. The van der Waals surface area contributed by atoms with E-state index in [4.69, 9.17) is 9.47 Å². The minimum atomic E-state index is -2.09. The van der Waals surface area contributed by atoms with Crippen molar-refractivity contribution >= 4 is 23.4 Å². The summed E-state index contributed by atoms with van der Waals surface area (Å²) in [6.07, 6.45) is 12.2. The van der Waals surface area contributed by atoms with Crippen molar-refractivity contribution < 1.29 is 29.0 Å². The molecular weight excluding hydrogens is 656 g/mol. The smallest absolute Gasteiger partial charge is 0.350 e. The molecule has 6 atom stereocenters. The first-order chi connectivity index (χ1) is 25.1. The summed E-state index contributed by atoms with van der Waals surface area (Å²) >= 11 is 0. The number of ketones is 2. The molecule has 4 N–H and O–H groups in total. The summed E-state index contributed by atoms with van der Waals surface area (Å²) in [6.45, 7) is 9.32. The standard InChI is InChI=1S/C42H56N4O6/c1-6-44-35-21-30-11-8-7-10-29(30)20-32(35)24-51-40(50)42-39(49)37-31(18-26(2)3)12-9-13-34(37)38(48)41(42,52-42)22-33(23-47)27(4)14-15-28-16-17-45-36(19-28)46-25-43-5/h8-9,11-13,16-17,19,26,29-30,32,35,43-44,47H,6-7,10,14-15,18,20-25H2,1-5H3,(H,45,46). The van der Waals surface area contributed by atoms with Gasteiger partial charge in [-0.3, -0.25) is 9.59 Å². The molecule has 10 nitrogen and oxygen atoms in total. The van der Waals surface area contributed by atoms with Gasteiger partial charge in [-0.2, -0.15) is 0 Å². The van der Waals surface area contributed by atoms with Crippen molar-refractivity contribution in [2.45, 2.75) is 96.3 Å². The highest BCUT2D eigenvalue weighted by Gasteiger charge is 2.85. The molecule has 2 fully saturated rings. The van der Waals surface area contributed by atoms with E-state index in [0.717, 1.165) is 54.7 Å². The van der Waals surface area contributed by atoms with E-state index in [2.05, 4.69) is 53.9 Å². The van der Waals surface area contributed by atoms with Crippen molar-refractivity contribution in [3.8, 4) is 0 Å². The predicted octanol–water partition coefficient (Wildman–Crippen LogP) is 5.60. The van der Waals surface area contributed by atoms with Gasteiger partial charge in [0.1, 0.15) is 5.82 Å². The van der Waals surface area contributed by atoms with Crippen molar-refractivity contribution in [1.29, 1.82) is 0 Å². The van der Waals surface area contributed by atoms with Gasteiger partial charge in [-0.1, -0.05) is 56.7 Å². The SMILES string of the molecule is CCNC1CC2C=CCCC2CC1COC(=O)C12OC1(CC(CO)=C(C)CCc1ccnc(NCNC)c1)C(=O)c1cccc(CC(C)C)c1C2=O. The summed E-state index contributed by atoms with van der Waals surface area (Å²) in [6, 6.07) is 9.43. The van der Waals surface area contributed by atoms with Crippen LogP contribution in [-0.4, -0.2) is 78.3 Å². The summed E-state index contributed by atoms with van der Waals surface area (Å²) in [5.41, 5.74) is -0.0911. The molecule has 0 bridgehead atoms. The fraction of sp³-hybridized carbons (Fsp3) is 0.571. The zero-order chi connectivity index (χ0) is 37.0. The van der Waals surface area contributed by atoms with Gasteiger partial charge < -0.3 is 30.5 Å². The van der Waals surface area contributed by atoms with Gasteiger partial charge in [0, 0.05) is 35.7 Å². The molecule has 1 aliphatic heterocycles. The van der Waals surface area contributed by atoms with Gasteiger partial charge >= 0.3 is 5.97 Å². The molecule has 280 valence electrons. The Labute approximate surface area is 308 Å². The number of epoxide rings is 1. The molecule has 6 rings (SSSR count). The normalized spacial score (nSPS) is 28.1. The third kappa shape index (κ3) is 7.27. The zero-order valence-corrected chi connectivity index (χ0v) is 31.4. The predicted molar refractivity (Wildman–Crippen MR) is 201 cm³/mol. The van der Waals surface area contributed by atoms with Gasteiger partial charge in [0.15, 0.2) is 11.4 Å². The van der Waals surface area contributed by atoms with Crippen molar-refractivity contribution in [3.63, 3.8) is 0 Å².